The van der Waals surface area contributed by atoms with E-state index in [2.05, 4.69) is 21.3 Å². The number of carbonyl (C=O) groups is 5. The highest BCUT2D eigenvalue weighted by Crippen LogP contribution is 2.33. The van der Waals surface area contributed by atoms with Crippen molar-refractivity contribution in [2.24, 2.45) is 0 Å². The van der Waals surface area contributed by atoms with Crippen LogP contribution in [0.5, 0.6) is 0 Å². The van der Waals surface area contributed by atoms with Crippen molar-refractivity contribution in [1.29, 1.82) is 0 Å². The first-order chi connectivity index (χ1) is 16.5. The molecule has 6 amide bonds. The van der Waals surface area contributed by atoms with Crippen molar-refractivity contribution in [1.82, 2.24) is 26.2 Å². The minimum Gasteiger partial charge on any atom is -0.444 e. The number of fused-ring (bicyclic) bond motifs is 1. The van der Waals surface area contributed by atoms with Crippen LogP contribution in [0.1, 0.15) is 73.0 Å². The number of thiophene rings is 1. The van der Waals surface area contributed by atoms with Gasteiger partial charge in [-0.05, 0) is 58.1 Å². The molecule has 192 valence electrons. The van der Waals surface area contributed by atoms with Gasteiger partial charge in [-0.1, -0.05) is 0 Å². The maximum Gasteiger partial charge on any atom is 0.407 e. The molecule has 1 aromatic rings. The van der Waals surface area contributed by atoms with Crippen LogP contribution in [0.2, 0.25) is 0 Å². The number of piperidine rings is 1. The Hall–Kier alpha value is -3.15. The first kappa shape index (κ1) is 26.5. The van der Waals surface area contributed by atoms with Gasteiger partial charge in [-0.2, -0.15) is 0 Å². The summed E-state index contributed by atoms with van der Waals surface area (Å²) in [7, 11) is 0. The van der Waals surface area contributed by atoms with Crippen LogP contribution in [0, 0.1) is 0 Å². The lowest BCUT2D eigenvalue weighted by Crippen LogP contribution is -2.52. The minimum absolute atomic E-state index is 0.212. The van der Waals surface area contributed by atoms with Gasteiger partial charge in [0.25, 0.3) is 5.91 Å². The monoisotopic (exact) mass is 507 g/mol. The number of hydrogen-bond acceptors (Lipinski definition) is 7. The Morgan fingerprint density at radius 1 is 1.11 bits per heavy atom. The van der Waals surface area contributed by atoms with Crippen LogP contribution in [0.15, 0.2) is 6.07 Å². The Balaban J connectivity index is 1.30. The predicted molar refractivity (Wildman–Crippen MR) is 129 cm³/mol. The van der Waals surface area contributed by atoms with Crippen molar-refractivity contribution in [3.05, 3.63) is 21.4 Å². The molecule has 3 rings (SSSR count). The van der Waals surface area contributed by atoms with Gasteiger partial charge in [0.1, 0.15) is 11.6 Å². The van der Waals surface area contributed by atoms with Crippen molar-refractivity contribution in [3.8, 4) is 0 Å². The second-order valence-electron chi connectivity index (χ2n) is 9.57. The summed E-state index contributed by atoms with van der Waals surface area (Å²) in [6.45, 7) is 7.09. The van der Waals surface area contributed by atoms with Crippen molar-refractivity contribution in [2.45, 2.75) is 77.6 Å². The average Bonchev–Trinajstić information content (AvgIpc) is 3.29. The van der Waals surface area contributed by atoms with Gasteiger partial charge in [-0.3, -0.25) is 19.7 Å². The third kappa shape index (κ3) is 7.67. The quantitative estimate of drug-likeness (QED) is 0.297. The number of ether oxygens (including phenoxy) is 1. The van der Waals surface area contributed by atoms with E-state index in [1.165, 1.54) is 16.2 Å². The van der Waals surface area contributed by atoms with Crippen LogP contribution in [0.25, 0.3) is 0 Å². The smallest absolute Gasteiger partial charge is 0.407 e. The predicted octanol–water partition coefficient (Wildman–Crippen LogP) is 2.00. The van der Waals surface area contributed by atoms with E-state index in [0.29, 0.717) is 37.5 Å². The molecule has 35 heavy (non-hydrogen) atoms. The number of imide groups is 1. The number of unbranched alkanes of at least 4 members (excludes halogenated alkanes) is 2. The number of carbonyl (C=O) groups excluding carboxylic acids is 5. The first-order valence-electron chi connectivity index (χ1n) is 11.8. The molecule has 0 aliphatic carbocycles. The average molecular weight is 508 g/mol. The molecular formula is C23H33N5O6S. The summed E-state index contributed by atoms with van der Waals surface area (Å²) in [6, 6.07) is 0.962. The standard InChI is InChI=1S/C23H33N5O6S/c1-23(2,3)34-22(33)25-10-6-4-5-9-24-21(32)26-12-15-11-14-13-28(20(31)18(14)35-15)16-7-8-17(29)27-19(16)30/h11,16H,4-10,12-13H2,1-3H3,(H,25,33)(H2,24,26,32)(H,27,29,30). The van der Waals surface area contributed by atoms with E-state index in [1.54, 1.807) is 0 Å². The minimum atomic E-state index is -0.625. The maximum atomic E-state index is 12.8. The molecule has 3 heterocycles. The number of alkyl carbamates (subject to hydrolysis) is 1. The van der Waals surface area contributed by atoms with Gasteiger partial charge in [-0.25, -0.2) is 9.59 Å². The lowest BCUT2D eigenvalue weighted by atomic mass is 10.0. The summed E-state index contributed by atoms with van der Waals surface area (Å²) >= 11 is 1.31. The highest BCUT2D eigenvalue weighted by Gasteiger charge is 2.40. The molecule has 12 heteroatoms. The summed E-state index contributed by atoms with van der Waals surface area (Å²) in [6.07, 6.45) is 2.54. The molecule has 2 aliphatic rings. The van der Waals surface area contributed by atoms with Gasteiger partial charge in [0.15, 0.2) is 0 Å². The molecule has 2 aliphatic heterocycles. The molecule has 0 radical (unpaired) electrons. The second kappa shape index (κ2) is 11.5. The number of nitrogens with zero attached hydrogens (tertiary/aromatic N) is 1. The molecule has 4 N–H and O–H groups in total. The number of amides is 6. The molecule has 1 fully saturated rings. The highest BCUT2D eigenvalue weighted by atomic mass is 32.1. The molecule has 1 atom stereocenters. The SMILES string of the molecule is CC(C)(C)OC(=O)NCCCCCNC(=O)NCc1cc2c(s1)C(=O)N(C1CCC(=O)NC1=O)C2. The van der Waals surface area contributed by atoms with Gasteiger partial charge in [0.2, 0.25) is 11.8 Å². The molecule has 1 saturated heterocycles. The van der Waals surface area contributed by atoms with Crippen LogP contribution in [-0.4, -0.2) is 59.5 Å². The Labute approximate surface area is 208 Å². The summed E-state index contributed by atoms with van der Waals surface area (Å²) < 4.78 is 5.16. The zero-order valence-corrected chi connectivity index (χ0v) is 21.1. The van der Waals surface area contributed by atoms with Crippen LogP contribution in [0.4, 0.5) is 9.59 Å². The molecule has 0 aromatic carbocycles. The Kier molecular flexibility index (Phi) is 8.71. The summed E-state index contributed by atoms with van der Waals surface area (Å²) in [5, 5.41) is 10.6. The fourth-order valence-corrected chi connectivity index (χ4v) is 4.92. The largest absolute Gasteiger partial charge is 0.444 e. The molecular weight excluding hydrogens is 474 g/mol. The van der Waals surface area contributed by atoms with E-state index in [9.17, 15) is 24.0 Å². The lowest BCUT2D eigenvalue weighted by Gasteiger charge is -2.29. The van der Waals surface area contributed by atoms with E-state index < -0.39 is 23.6 Å². The molecule has 0 spiro atoms. The van der Waals surface area contributed by atoms with Gasteiger partial charge in [0, 0.05) is 30.9 Å². The molecule has 1 unspecified atom stereocenters. The highest BCUT2D eigenvalue weighted by molar-refractivity contribution is 7.14. The van der Waals surface area contributed by atoms with Crippen molar-refractivity contribution >= 4 is 41.2 Å². The molecule has 1 aromatic heterocycles. The maximum absolute atomic E-state index is 12.8. The number of urea groups is 1. The van der Waals surface area contributed by atoms with Crippen molar-refractivity contribution in [2.75, 3.05) is 13.1 Å². The normalized spacial score (nSPS) is 17.6. The zero-order valence-electron chi connectivity index (χ0n) is 20.3. The van der Waals surface area contributed by atoms with Gasteiger partial charge < -0.3 is 25.6 Å². The van der Waals surface area contributed by atoms with E-state index in [0.717, 1.165) is 29.7 Å². The van der Waals surface area contributed by atoms with Gasteiger partial charge in [0.05, 0.1) is 11.4 Å². The lowest BCUT2D eigenvalue weighted by molar-refractivity contribution is -0.136. The topological polar surface area (TPSA) is 146 Å². The second-order valence-corrected chi connectivity index (χ2v) is 10.7. The Morgan fingerprint density at radius 3 is 2.49 bits per heavy atom. The summed E-state index contributed by atoms with van der Waals surface area (Å²) in [4.78, 5) is 62.7. The van der Waals surface area contributed by atoms with Crippen LogP contribution in [-0.2, 0) is 27.4 Å². The van der Waals surface area contributed by atoms with Gasteiger partial charge >= 0.3 is 12.1 Å². The number of hydrogen-bond donors (Lipinski definition) is 4. The van der Waals surface area contributed by atoms with E-state index in [1.807, 2.05) is 26.8 Å². The van der Waals surface area contributed by atoms with Crippen molar-refractivity contribution in [3.63, 3.8) is 0 Å². The molecule has 0 bridgehead atoms. The summed E-state index contributed by atoms with van der Waals surface area (Å²) in [5.41, 5.74) is 0.317. The summed E-state index contributed by atoms with van der Waals surface area (Å²) in [5.74, 6) is -0.950. The van der Waals surface area contributed by atoms with Crippen LogP contribution in [0.3, 0.4) is 0 Å². The number of nitrogens with one attached hydrogen (secondary N) is 4. The fraction of sp³-hybridized carbons (Fsp3) is 0.609. The third-order valence-corrected chi connectivity index (χ3v) is 6.64. The Morgan fingerprint density at radius 2 is 1.83 bits per heavy atom. The Bertz CT molecular complexity index is 986. The first-order valence-corrected chi connectivity index (χ1v) is 12.6. The van der Waals surface area contributed by atoms with E-state index in [-0.39, 0.29) is 24.3 Å². The zero-order chi connectivity index (χ0) is 25.6. The van der Waals surface area contributed by atoms with E-state index >= 15 is 0 Å². The molecule has 11 nitrogen and oxygen atoms in total. The van der Waals surface area contributed by atoms with Gasteiger partial charge in [-0.15, -0.1) is 11.3 Å². The molecule has 0 saturated carbocycles. The van der Waals surface area contributed by atoms with E-state index in [4.69, 9.17) is 4.74 Å². The number of rotatable bonds is 9. The fourth-order valence-electron chi connectivity index (χ4n) is 3.85. The third-order valence-electron chi connectivity index (χ3n) is 5.47. The van der Waals surface area contributed by atoms with Crippen molar-refractivity contribution < 1.29 is 28.7 Å². The van der Waals surface area contributed by atoms with Crippen LogP contribution >= 0.6 is 11.3 Å². The van der Waals surface area contributed by atoms with Crippen LogP contribution < -0.4 is 21.3 Å².